The van der Waals surface area contributed by atoms with Crippen LogP contribution >= 0.6 is 27.5 Å². The zero-order valence-corrected chi connectivity index (χ0v) is 17.7. The van der Waals surface area contributed by atoms with Crippen molar-refractivity contribution in [3.63, 3.8) is 0 Å². The van der Waals surface area contributed by atoms with E-state index in [4.69, 9.17) is 11.6 Å². The van der Waals surface area contributed by atoms with Crippen molar-refractivity contribution < 1.29 is 14.7 Å². The van der Waals surface area contributed by atoms with E-state index in [-0.39, 0.29) is 23.7 Å². The molecule has 4 N–H and O–H groups in total. The molecule has 29 heavy (non-hydrogen) atoms. The number of rotatable bonds is 6. The van der Waals surface area contributed by atoms with Crippen LogP contribution in [0.15, 0.2) is 69.4 Å². The highest BCUT2D eigenvalue weighted by molar-refractivity contribution is 9.10. The minimum Gasteiger partial charge on any atom is -0.509 e. The second-order valence-corrected chi connectivity index (χ2v) is 7.71. The van der Waals surface area contributed by atoms with Crippen LogP contribution in [0.1, 0.15) is 13.3 Å². The number of nitrogens with one attached hydrogen (secondary N) is 3. The molecule has 0 bridgehead atoms. The van der Waals surface area contributed by atoms with Crippen LogP contribution in [-0.4, -0.2) is 28.7 Å². The van der Waals surface area contributed by atoms with Crippen LogP contribution in [-0.2, 0) is 9.59 Å². The Morgan fingerprint density at radius 1 is 1.17 bits per heavy atom. The van der Waals surface area contributed by atoms with E-state index in [1.807, 2.05) is 0 Å². The molecule has 0 fully saturated rings. The maximum absolute atomic E-state index is 12.3. The molecule has 9 heteroatoms. The molecule has 1 unspecified atom stereocenters. The maximum atomic E-state index is 12.3. The smallest absolute Gasteiger partial charge is 0.257 e. The van der Waals surface area contributed by atoms with Crippen molar-refractivity contribution in [3.8, 4) is 0 Å². The second kappa shape index (κ2) is 9.11. The van der Waals surface area contributed by atoms with Gasteiger partial charge < -0.3 is 15.7 Å². The highest BCUT2D eigenvalue weighted by atomic mass is 79.9. The Morgan fingerprint density at radius 2 is 1.79 bits per heavy atom. The van der Waals surface area contributed by atoms with Crippen molar-refractivity contribution in [2.24, 2.45) is 5.10 Å². The Kier molecular flexibility index (Phi) is 6.56. The van der Waals surface area contributed by atoms with E-state index >= 15 is 0 Å². The Morgan fingerprint density at radius 3 is 2.45 bits per heavy atom. The summed E-state index contributed by atoms with van der Waals surface area (Å²) in [4.78, 5) is 24.5. The van der Waals surface area contributed by atoms with Gasteiger partial charge in [0.25, 0.3) is 5.91 Å². The molecule has 1 aliphatic rings. The number of nitrogens with zero attached hydrogens (tertiary/aromatic N) is 1. The number of amides is 2. The molecule has 2 amide bonds. The average molecular weight is 478 g/mol. The first-order valence-electron chi connectivity index (χ1n) is 8.69. The van der Waals surface area contributed by atoms with Crippen LogP contribution in [0.4, 0.5) is 11.4 Å². The third-order valence-corrected chi connectivity index (χ3v) is 4.98. The number of carbonyl (C=O) groups is 2. The molecule has 1 atom stereocenters. The van der Waals surface area contributed by atoms with Crippen molar-refractivity contribution in [1.82, 2.24) is 5.32 Å². The van der Waals surface area contributed by atoms with Gasteiger partial charge in [-0.3, -0.25) is 15.0 Å². The monoisotopic (exact) mass is 476 g/mol. The standard InChI is InChI=1S/C20H18BrClN4O3/c1-11(25-26-15-8-4-13(22)5-9-15)18-19(28)16(24-20(18)29)10-17(27)23-14-6-2-12(21)3-7-14/h2-9,16,26,28H,10H2,1H3,(H,23,27)(H,24,29). The van der Waals surface area contributed by atoms with E-state index in [2.05, 4.69) is 37.1 Å². The minimum atomic E-state index is -0.811. The molecular weight excluding hydrogens is 460 g/mol. The number of anilines is 2. The molecule has 2 aromatic rings. The number of hydrogen-bond acceptors (Lipinski definition) is 5. The Labute approximate surface area is 181 Å². The van der Waals surface area contributed by atoms with Gasteiger partial charge in [0.2, 0.25) is 5.91 Å². The second-order valence-electron chi connectivity index (χ2n) is 6.36. The number of benzene rings is 2. The van der Waals surface area contributed by atoms with Gasteiger partial charge in [0.1, 0.15) is 11.3 Å². The summed E-state index contributed by atoms with van der Waals surface area (Å²) in [7, 11) is 0. The first-order chi connectivity index (χ1) is 13.8. The largest absolute Gasteiger partial charge is 0.509 e. The summed E-state index contributed by atoms with van der Waals surface area (Å²) in [5.41, 5.74) is 4.45. The van der Waals surface area contributed by atoms with Gasteiger partial charge in [-0.25, -0.2) is 0 Å². The van der Waals surface area contributed by atoms with Gasteiger partial charge >= 0.3 is 0 Å². The topological polar surface area (TPSA) is 103 Å². The van der Waals surface area contributed by atoms with E-state index in [1.165, 1.54) is 0 Å². The van der Waals surface area contributed by atoms with Crippen LogP contribution in [0, 0.1) is 0 Å². The lowest BCUT2D eigenvalue weighted by Crippen LogP contribution is -2.33. The van der Waals surface area contributed by atoms with E-state index < -0.39 is 11.9 Å². The summed E-state index contributed by atoms with van der Waals surface area (Å²) in [6.45, 7) is 1.60. The quantitative estimate of drug-likeness (QED) is 0.369. The molecule has 0 spiro atoms. The number of carbonyl (C=O) groups excluding carboxylic acids is 2. The van der Waals surface area contributed by atoms with Crippen LogP contribution in [0.25, 0.3) is 0 Å². The maximum Gasteiger partial charge on any atom is 0.257 e. The Hall–Kier alpha value is -2.84. The van der Waals surface area contributed by atoms with Crippen LogP contribution < -0.4 is 16.1 Å². The molecular formula is C20H18BrClN4O3. The highest BCUT2D eigenvalue weighted by Gasteiger charge is 2.34. The molecule has 0 radical (unpaired) electrons. The van der Waals surface area contributed by atoms with Gasteiger partial charge in [-0.15, -0.1) is 0 Å². The number of aliphatic hydroxyl groups is 1. The lowest BCUT2D eigenvalue weighted by atomic mass is 10.1. The summed E-state index contributed by atoms with van der Waals surface area (Å²) < 4.78 is 0.894. The van der Waals surface area contributed by atoms with E-state index in [0.29, 0.717) is 22.1 Å². The molecule has 0 saturated heterocycles. The molecule has 0 aromatic heterocycles. The predicted molar refractivity (Wildman–Crippen MR) is 117 cm³/mol. The van der Waals surface area contributed by atoms with Gasteiger partial charge in [0.15, 0.2) is 0 Å². The van der Waals surface area contributed by atoms with Crippen molar-refractivity contribution in [2.45, 2.75) is 19.4 Å². The van der Waals surface area contributed by atoms with Gasteiger partial charge in [-0.05, 0) is 55.5 Å². The van der Waals surface area contributed by atoms with Gasteiger partial charge in [0, 0.05) is 15.2 Å². The third kappa shape index (κ3) is 5.36. The molecule has 0 saturated carbocycles. The Bertz CT molecular complexity index is 988. The fourth-order valence-electron chi connectivity index (χ4n) is 2.75. The van der Waals surface area contributed by atoms with E-state index in [0.717, 1.165) is 4.47 Å². The van der Waals surface area contributed by atoms with E-state index in [9.17, 15) is 14.7 Å². The minimum absolute atomic E-state index is 0.0490. The molecule has 3 rings (SSSR count). The first-order valence-corrected chi connectivity index (χ1v) is 9.86. The number of halogens is 2. The molecule has 150 valence electrons. The number of hydrogen-bond donors (Lipinski definition) is 4. The van der Waals surface area contributed by atoms with Crippen molar-refractivity contribution in [1.29, 1.82) is 0 Å². The van der Waals surface area contributed by atoms with Gasteiger partial charge in [-0.2, -0.15) is 5.10 Å². The van der Waals surface area contributed by atoms with Crippen LogP contribution in [0.3, 0.4) is 0 Å². The lowest BCUT2D eigenvalue weighted by molar-refractivity contribution is -0.117. The van der Waals surface area contributed by atoms with Gasteiger partial charge in [-0.1, -0.05) is 27.5 Å². The predicted octanol–water partition coefficient (Wildman–Crippen LogP) is 4.23. The number of hydrazone groups is 1. The summed E-state index contributed by atoms with van der Waals surface area (Å²) in [6.07, 6.45) is -0.102. The molecule has 7 nitrogen and oxygen atoms in total. The average Bonchev–Trinajstić information content (AvgIpc) is 2.96. The zero-order valence-electron chi connectivity index (χ0n) is 15.4. The molecule has 2 aromatic carbocycles. The van der Waals surface area contributed by atoms with Crippen molar-refractivity contribution >= 4 is 56.4 Å². The molecule has 1 heterocycles. The summed E-state index contributed by atoms with van der Waals surface area (Å²) in [5.74, 6) is -1.03. The van der Waals surface area contributed by atoms with Crippen molar-refractivity contribution in [3.05, 3.63) is 69.4 Å². The van der Waals surface area contributed by atoms with E-state index in [1.54, 1.807) is 55.5 Å². The molecule has 1 aliphatic heterocycles. The SMILES string of the molecule is CC(=NNc1ccc(Cl)cc1)C1=C(O)C(CC(=O)Nc2ccc(Br)cc2)NC1=O. The van der Waals surface area contributed by atoms with Crippen LogP contribution in [0.5, 0.6) is 0 Å². The molecule has 0 aliphatic carbocycles. The highest BCUT2D eigenvalue weighted by Crippen LogP contribution is 2.21. The fraction of sp³-hybridized carbons (Fsp3) is 0.150. The van der Waals surface area contributed by atoms with Crippen molar-refractivity contribution in [2.75, 3.05) is 10.7 Å². The number of aliphatic hydroxyl groups excluding tert-OH is 1. The zero-order chi connectivity index (χ0) is 21.0. The normalized spacial score (nSPS) is 16.6. The Balaban J connectivity index is 1.66. The summed E-state index contributed by atoms with van der Waals surface area (Å²) >= 11 is 9.17. The first kappa shape index (κ1) is 20.9. The fourth-order valence-corrected chi connectivity index (χ4v) is 3.14. The lowest BCUT2D eigenvalue weighted by Gasteiger charge is -2.11. The van der Waals surface area contributed by atoms with Gasteiger partial charge in [0.05, 0.1) is 23.9 Å². The summed E-state index contributed by atoms with van der Waals surface area (Å²) in [6, 6.07) is 13.2. The third-order valence-electron chi connectivity index (χ3n) is 4.19. The summed E-state index contributed by atoms with van der Waals surface area (Å²) in [5, 5.41) is 20.5. The van der Waals surface area contributed by atoms with Crippen LogP contribution in [0.2, 0.25) is 5.02 Å².